The van der Waals surface area contributed by atoms with Crippen LogP contribution in [0.25, 0.3) is 11.3 Å². The molecule has 0 unspecified atom stereocenters. The van der Waals surface area contributed by atoms with E-state index >= 15 is 0 Å². The molecule has 26 heavy (non-hydrogen) atoms. The molecule has 0 radical (unpaired) electrons. The highest BCUT2D eigenvalue weighted by atomic mass is 16.5. The molecule has 1 aromatic carbocycles. The minimum Gasteiger partial charge on any atom is -0.355 e. The normalized spacial score (nSPS) is 23.4. The Labute approximate surface area is 154 Å². The van der Waals surface area contributed by atoms with E-state index in [4.69, 9.17) is 4.52 Å². The van der Waals surface area contributed by atoms with Crippen molar-refractivity contribution in [1.29, 1.82) is 0 Å². The van der Waals surface area contributed by atoms with Crippen LogP contribution in [0.4, 0.5) is 0 Å². The summed E-state index contributed by atoms with van der Waals surface area (Å²) in [7, 11) is 0. The predicted molar refractivity (Wildman–Crippen MR) is 101 cm³/mol. The summed E-state index contributed by atoms with van der Waals surface area (Å²) < 4.78 is 5.37. The highest BCUT2D eigenvalue weighted by molar-refractivity contribution is 5.99. The van der Waals surface area contributed by atoms with Crippen molar-refractivity contribution in [1.82, 2.24) is 15.4 Å². The lowest BCUT2D eigenvalue weighted by atomic mass is 9.83. The summed E-state index contributed by atoms with van der Waals surface area (Å²) in [5.74, 6) is 1.01. The van der Waals surface area contributed by atoms with Gasteiger partial charge in [0.05, 0.1) is 6.20 Å². The van der Waals surface area contributed by atoms with Gasteiger partial charge in [0.25, 0.3) is 5.91 Å². The maximum Gasteiger partial charge on any atom is 0.256 e. The molecule has 4 rings (SSSR count). The SMILES string of the molecule is Cc1ccc(-c2oncc2C(=O)NC[C@@H]2CCCN3CCCC[C@H]23)cc1. The molecule has 1 N–H and O–H groups in total. The molecule has 2 fully saturated rings. The van der Waals surface area contributed by atoms with Crippen molar-refractivity contribution in [3.63, 3.8) is 0 Å². The standard InChI is InChI=1S/C21H27N3O2/c1-15-7-9-16(10-8-15)20-18(14-23-26-20)21(25)22-13-17-5-4-12-24-11-3-2-6-19(17)24/h7-10,14,17,19H,2-6,11-13H2,1H3,(H,22,25)/t17-,19+/m0/s1. The minimum atomic E-state index is -0.0882. The molecule has 2 aliphatic heterocycles. The zero-order valence-electron chi connectivity index (χ0n) is 15.4. The Morgan fingerprint density at radius 1 is 1.19 bits per heavy atom. The largest absolute Gasteiger partial charge is 0.355 e. The van der Waals surface area contributed by atoms with Gasteiger partial charge in [-0.15, -0.1) is 0 Å². The second-order valence-electron chi connectivity index (χ2n) is 7.65. The Balaban J connectivity index is 1.43. The number of benzene rings is 1. The Bertz CT molecular complexity index is 751. The fraction of sp³-hybridized carbons (Fsp3) is 0.524. The van der Waals surface area contributed by atoms with Gasteiger partial charge in [0.2, 0.25) is 0 Å². The van der Waals surface area contributed by atoms with Gasteiger partial charge in [-0.25, -0.2) is 0 Å². The molecule has 2 saturated heterocycles. The molecule has 0 spiro atoms. The van der Waals surface area contributed by atoms with E-state index in [1.807, 2.05) is 31.2 Å². The molecule has 2 atom stereocenters. The molecule has 138 valence electrons. The van der Waals surface area contributed by atoms with Crippen LogP contribution < -0.4 is 5.32 Å². The summed E-state index contributed by atoms with van der Waals surface area (Å²) in [5.41, 5.74) is 2.58. The van der Waals surface area contributed by atoms with E-state index in [2.05, 4.69) is 15.4 Å². The van der Waals surface area contributed by atoms with Crippen LogP contribution in [0.15, 0.2) is 35.0 Å². The second kappa shape index (κ2) is 7.62. The molecule has 1 amide bonds. The lowest BCUT2D eigenvalue weighted by Gasteiger charge is -2.44. The van der Waals surface area contributed by atoms with Crippen molar-refractivity contribution in [2.45, 2.75) is 45.1 Å². The van der Waals surface area contributed by atoms with E-state index in [0.717, 1.165) is 12.1 Å². The average Bonchev–Trinajstić information content (AvgIpc) is 3.16. The van der Waals surface area contributed by atoms with Gasteiger partial charge in [-0.3, -0.25) is 4.79 Å². The highest BCUT2D eigenvalue weighted by Gasteiger charge is 2.33. The van der Waals surface area contributed by atoms with Gasteiger partial charge >= 0.3 is 0 Å². The lowest BCUT2D eigenvalue weighted by Crippen LogP contribution is -2.51. The zero-order valence-corrected chi connectivity index (χ0v) is 15.4. The Morgan fingerprint density at radius 3 is 2.85 bits per heavy atom. The number of hydrogen-bond acceptors (Lipinski definition) is 4. The molecule has 5 nitrogen and oxygen atoms in total. The molecule has 2 aliphatic rings. The fourth-order valence-electron chi connectivity index (χ4n) is 4.45. The third-order valence-electron chi connectivity index (χ3n) is 5.88. The van der Waals surface area contributed by atoms with Gasteiger partial charge in [-0.2, -0.15) is 0 Å². The summed E-state index contributed by atoms with van der Waals surface area (Å²) in [5, 5.41) is 7.00. The van der Waals surface area contributed by atoms with E-state index in [1.165, 1.54) is 57.0 Å². The highest BCUT2D eigenvalue weighted by Crippen LogP contribution is 2.30. The first-order valence-corrected chi connectivity index (χ1v) is 9.76. The average molecular weight is 353 g/mol. The maximum absolute atomic E-state index is 12.7. The molecule has 2 aromatic rings. The lowest BCUT2D eigenvalue weighted by molar-refractivity contribution is 0.0575. The maximum atomic E-state index is 12.7. The predicted octanol–water partition coefficient (Wildman–Crippen LogP) is 3.64. The number of nitrogens with zero attached hydrogens (tertiary/aromatic N) is 2. The monoisotopic (exact) mass is 353 g/mol. The summed E-state index contributed by atoms with van der Waals surface area (Å²) in [6.45, 7) is 5.21. The van der Waals surface area contributed by atoms with Crippen molar-refractivity contribution in [3.05, 3.63) is 41.6 Å². The second-order valence-corrected chi connectivity index (χ2v) is 7.65. The van der Waals surface area contributed by atoms with Gasteiger partial charge in [-0.1, -0.05) is 41.4 Å². The van der Waals surface area contributed by atoms with Crippen molar-refractivity contribution in [2.24, 2.45) is 5.92 Å². The van der Waals surface area contributed by atoms with E-state index < -0.39 is 0 Å². The first-order valence-electron chi connectivity index (χ1n) is 9.76. The van der Waals surface area contributed by atoms with Crippen LogP contribution in [0, 0.1) is 12.8 Å². The van der Waals surface area contributed by atoms with E-state index in [-0.39, 0.29) is 5.91 Å². The number of amides is 1. The van der Waals surface area contributed by atoms with Crippen LogP contribution in [0.3, 0.4) is 0 Å². The number of nitrogens with one attached hydrogen (secondary N) is 1. The fourth-order valence-corrected chi connectivity index (χ4v) is 4.45. The summed E-state index contributed by atoms with van der Waals surface area (Å²) in [4.78, 5) is 15.4. The van der Waals surface area contributed by atoms with Crippen LogP contribution >= 0.6 is 0 Å². The Morgan fingerprint density at radius 2 is 2.00 bits per heavy atom. The molecule has 0 aliphatic carbocycles. The number of aryl methyl sites for hydroxylation is 1. The molecular formula is C21H27N3O2. The van der Waals surface area contributed by atoms with E-state index in [9.17, 15) is 4.79 Å². The summed E-state index contributed by atoms with van der Waals surface area (Å²) >= 11 is 0. The van der Waals surface area contributed by atoms with Gasteiger partial charge in [0, 0.05) is 18.2 Å². The first kappa shape index (κ1) is 17.3. The van der Waals surface area contributed by atoms with Crippen LogP contribution in [-0.4, -0.2) is 41.6 Å². The van der Waals surface area contributed by atoms with Crippen LogP contribution in [0.1, 0.15) is 48.0 Å². The Hall–Kier alpha value is -2.14. The quantitative estimate of drug-likeness (QED) is 0.912. The number of rotatable bonds is 4. The van der Waals surface area contributed by atoms with Gasteiger partial charge in [0.1, 0.15) is 5.56 Å². The zero-order chi connectivity index (χ0) is 17.9. The molecule has 0 bridgehead atoms. The molecular weight excluding hydrogens is 326 g/mol. The molecule has 3 heterocycles. The van der Waals surface area contributed by atoms with Crippen LogP contribution in [0.5, 0.6) is 0 Å². The van der Waals surface area contributed by atoms with Crippen molar-refractivity contribution in [2.75, 3.05) is 19.6 Å². The number of carbonyl (C=O) groups excluding carboxylic acids is 1. The van der Waals surface area contributed by atoms with Crippen molar-refractivity contribution in [3.8, 4) is 11.3 Å². The number of hydrogen-bond donors (Lipinski definition) is 1. The third kappa shape index (κ3) is 3.54. The van der Waals surface area contributed by atoms with Gasteiger partial charge < -0.3 is 14.7 Å². The van der Waals surface area contributed by atoms with Crippen molar-refractivity contribution >= 4 is 5.91 Å². The minimum absolute atomic E-state index is 0.0882. The Kier molecular flexibility index (Phi) is 5.07. The topological polar surface area (TPSA) is 58.4 Å². The first-order chi connectivity index (χ1) is 12.7. The summed E-state index contributed by atoms with van der Waals surface area (Å²) in [6, 6.07) is 8.59. The number of fused-ring (bicyclic) bond motifs is 1. The number of aromatic nitrogens is 1. The van der Waals surface area contributed by atoms with Gasteiger partial charge in [0.15, 0.2) is 5.76 Å². The van der Waals surface area contributed by atoms with E-state index in [1.54, 1.807) is 0 Å². The smallest absolute Gasteiger partial charge is 0.256 e. The van der Waals surface area contributed by atoms with E-state index in [0.29, 0.717) is 23.3 Å². The van der Waals surface area contributed by atoms with Crippen molar-refractivity contribution < 1.29 is 9.32 Å². The number of carbonyl (C=O) groups is 1. The number of piperidine rings is 2. The molecule has 0 saturated carbocycles. The molecule has 5 heteroatoms. The summed E-state index contributed by atoms with van der Waals surface area (Å²) in [6.07, 6.45) is 7.86. The van der Waals surface area contributed by atoms with Crippen LogP contribution in [0.2, 0.25) is 0 Å². The molecule has 1 aromatic heterocycles. The van der Waals surface area contributed by atoms with Gasteiger partial charge in [-0.05, 0) is 51.6 Å². The third-order valence-corrected chi connectivity index (χ3v) is 5.88. The van der Waals surface area contributed by atoms with Crippen LogP contribution in [-0.2, 0) is 0 Å².